The summed E-state index contributed by atoms with van der Waals surface area (Å²) < 4.78 is 26.0. The monoisotopic (exact) mass is 300 g/mol. The van der Waals surface area contributed by atoms with Crippen LogP contribution in [0.1, 0.15) is 23.2 Å². The summed E-state index contributed by atoms with van der Waals surface area (Å²) in [5.41, 5.74) is 5.48. The Morgan fingerprint density at radius 3 is 2.65 bits per heavy atom. The molecule has 1 atom stereocenters. The topological polar surface area (TPSA) is 121 Å². The first-order valence-electron chi connectivity index (χ1n) is 6.13. The molecule has 7 nitrogen and oxygen atoms in total. The molecule has 0 aliphatic carbocycles. The summed E-state index contributed by atoms with van der Waals surface area (Å²) in [6, 6.07) is 3.51. The van der Waals surface area contributed by atoms with E-state index in [1.165, 1.54) is 16.4 Å². The Bertz CT molecular complexity index is 629. The van der Waals surface area contributed by atoms with E-state index < -0.39 is 22.1 Å². The zero-order chi connectivity index (χ0) is 14.9. The number of nitrogens with zero attached hydrogens (tertiary/aromatic N) is 1. The molecule has 1 unspecified atom stereocenters. The van der Waals surface area contributed by atoms with Gasteiger partial charge in [-0.15, -0.1) is 0 Å². The van der Waals surface area contributed by atoms with Crippen molar-refractivity contribution >= 4 is 21.7 Å². The number of nitrogens with two attached hydrogens (primary N) is 1. The molecule has 0 saturated carbocycles. The summed E-state index contributed by atoms with van der Waals surface area (Å²) in [6.07, 6.45) is 0.463. The second-order valence-corrected chi connectivity index (χ2v) is 6.62. The number of β-amino-alcohol motifs (C(OH)–C–C–N with tert-alkyl or cyclic N) is 1. The van der Waals surface area contributed by atoms with E-state index in [0.717, 1.165) is 6.07 Å². The van der Waals surface area contributed by atoms with Gasteiger partial charge in [0.2, 0.25) is 10.0 Å². The Morgan fingerprint density at radius 1 is 1.40 bits per heavy atom. The highest BCUT2D eigenvalue weighted by Crippen LogP contribution is 2.26. The zero-order valence-electron chi connectivity index (χ0n) is 10.7. The lowest BCUT2D eigenvalue weighted by atomic mass is 10.1. The van der Waals surface area contributed by atoms with Crippen molar-refractivity contribution in [2.24, 2.45) is 0 Å². The number of benzene rings is 1. The highest BCUT2D eigenvalue weighted by molar-refractivity contribution is 7.89. The second-order valence-electron chi connectivity index (χ2n) is 4.72. The molecule has 0 aromatic heterocycles. The number of aliphatic hydroxyl groups is 1. The van der Waals surface area contributed by atoms with Gasteiger partial charge in [0.05, 0.1) is 17.4 Å². The van der Waals surface area contributed by atoms with E-state index in [9.17, 15) is 18.3 Å². The van der Waals surface area contributed by atoms with Crippen LogP contribution in [0.4, 0.5) is 5.69 Å². The van der Waals surface area contributed by atoms with E-state index in [0.29, 0.717) is 19.4 Å². The van der Waals surface area contributed by atoms with Gasteiger partial charge < -0.3 is 15.9 Å². The van der Waals surface area contributed by atoms with Crippen LogP contribution in [-0.2, 0) is 10.0 Å². The second kappa shape index (κ2) is 5.39. The lowest BCUT2D eigenvalue weighted by Gasteiger charge is -2.29. The van der Waals surface area contributed by atoms with E-state index >= 15 is 0 Å². The Kier molecular flexibility index (Phi) is 3.98. The molecular weight excluding hydrogens is 284 g/mol. The summed E-state index contributed by atoms with van der Waals surface area (Å²) in [5.74, 6) is -1.17. The van der Waals surface area contributed by atoms with Crippen LogP contribution in [-0.4, -0.2) is 48.1 Å². The average Bonchev–Trinajstić information content (AvgIpc) is 2.38. The molecule has 1 aromatic carbocycles. The Morgan fingerprint density at radius 2 is 2.10 bits per heavy atom. The van der Waals surface area contributed by atoms with Gasteiger partial charge >= 0.3 is 5.97 Å². The SMILES string of the molecule is Nc1cc(C(=O)O)ccc1S(=O)(=O)N1CCCC(O)C1. The van der Waals surface area contributed by atoms with Gasteiger partial charge in [-0.3, -0.25) is 0 Å². The average molecular weight is 300 g/mol. The van der Waals surface area contributed by atoms with E-state index in [-0.39, 0.29) is 22.7 Å². The number of sulfonamides is 1. The van der Waals surface area contributed by atoms with Crippen molar-refractivity contribution in [3.05, 3.63) is 23.8 Å². The number of nitrogen functional groups attached to an aromatic ring is 1. The molecular formula is C12H16N2O5S. The van der Waals surface area contributed by atoms with Crippen LogP contribution < -0.4 is 5.73 Å². The van der Waals surface area contributed by atoms with Crippen LogP contribution in [0.15, 0.2) is 23.1 Å². The van der Waals surface area contributed by atoms with Crippen molar-refractivity contribution in [3.63, 3.8) is 0 Å². The smallest absolute Gasteiger partial charge is 0.335 e. The molecule has 1 aliphatic rings. The van der Waals surface area contributed by atoms with Crippen molar-refractivity contribution in [1.29, 1.82) is 0 Å². The molecule has 1 fully saturated rings. The Labute approximate surface area is 116 Å². The standard InChI is InChI=1S/C12H16N2O5S/c13-10-6-8(12(16)17)3-4-11(10)20(18,19)14-5-1-2-9(15)7-14/h3-4,6,9,15H,1-2,5,7,13H2,(H,16,17). The first-order chi connectivity index (χ1) is 9.32. The third-order valence-electron chi connectivity index (χ3n) is 3.23. The highest BCUT2D eigenvalue weighted by atomic mass is 32.2. The summed E-state index contributed by atoms with van der Waals surface area (Å²) in [6.45, 7) is 0.349. The van der Waals surface area contributed by atoms with Crippen LogP contribution in [0.2, 0.25) is 0 Å². The molecule has 1 saturated heterocycles. The van der Waals surface area contributed by atoms with E-state index in [4.69, 9.17) is 10.8 Å². The molecule has 0 amide bonds. The van der Waals surface area contributed by atoms with Crippen molar-refractivity contribution in [1.82, 2.24) is 4.31 Å². The number of piperidine rings is 1. The zero-order valence-corrected chi connectivity index (χ0v) is 11.5. The number of carboxylic acid groups (broad SMARTS) is 1. The molecule has 8 heteroatoms. The summed E-state index contributed by atoms with van der Waals surface area (Å²) in [4.78, 5) is 10.7. The molecule has 0 bridgehead atoms. The molecule has 1 heterocycles. The number of aromatic carboxylic acids is 1. The molecule has 1 aliphatic heterocycles. The largest absolute Gasteiger partial charge is 0.478 e. The van der Waals surface area contributed by atoms with Crippen LogP contribution in [0.3, 0.4) is 0 Å². The van der Waals surface area contributed by atoms with Crippen LogP contribution in [0.25, 0.3) is 0 Å². The van der Waals surface area contributed by atoms with Crippen molar-refractivity contribution in [3.8, 4) is 0 Å². The molecule has 0 radical (unpaired) electrons. The van der Waals surface area contributed by atoms with Gasteiger partial charge in [0.25, 0.3) is 0 Å². The fraction of sp³-hybridized carbons (Fsp3) is 0.417. The predicted octanol–water partition coefficient (Wildman–Crippen LogP) is 0.112. The molecule has 0 spiro atoms. The molecule has 2 rings (SSSR count). The van der Waals surface area contributed by atoms with Crippen LogP contribution in [0.5, 0.6) is 0 Å². The van der Waals surface area contributed by atoms with E-state index in [1.54, 1.807) is 0 Å². The Hall–Kier alpha value is -1.64. The Balaban J connectivity index is 2.36. The van der Waals surface area contributed by atoms with E-state index in [2.05, 4.69) is 0 Å². The maximum Gasteiger partial charge on any atom is 0.335 e. The summed E-state index contributed by atoms with van der Waals surface area (Å²) in [7, 11) is -3.81. The first-order valence-corrected chi connectivity index (χ1v) is 7.57. The van der Waals surface area contributed by atoms with Gasteiger partial charge in [0, 0.05) is 13.1 Å². The van der Waals surface area contributed by atoms with Gasteiger partial charge in [0.1, 0.15) is 4.90 Å². The fourth-order valence-electron chi connectivity index (χ4n) is 2.19. The first kappa shape index (κ1) is 14.8. The van der Waals surface area contributed by atoms with Crippen LogP contribution in [0, 0.1) is 0 Å². The van der Waals surface area contributed by atoms with Crippen molar-refractivity contribution in [2.75, 3.05) is 18.8 Å². The number of anilines is 1. The van der Waals surface area contributed by atoms with Gasteiger partial charge in [-0.2, -0.15) is 4.31 Å². The third-order valence-corrected chi connectivity index (χ3v) is 5.17. The molecule has 1 aromatic rings. The van der Waals surface area contributed by atoms with Gasteiger partial charge in [0.15, 0.2) is 0 Å². The highest BCUT2D eigenvalue weighted by Gasteiger charge is 2.31. The predicted molar refractivity (Wildman–Crippen MR) is 71.8 cm³/mol. The number of carboxylic acids is 1. The minimum absolute atomic E-state index is 0.0302. The number of hydrogen-bond donors (Lipinski definition) is 3. The summed E-state index contributed by atoms with van der Waals surface area (Å²) in [5, 5.41) is 18.4. The van der Waals surface area contributed by atoms with Gasteiger partial charge in [-0.05, 0) is 31.0 Å². The van der Waals surface area contributed by atoms with Crippen LogP contribution >= 0.6 is 0 Å². The van der Waals surface area contributed by atoms with E-state index in [1.807, 2.05) is 0 Å². The fourth-order valence-corrected chi connectivity index (χ4v) is 3.81. The normalized spacial score (nSPS) is 20.8. The summed E-state index contributed by atoms with van der Waals surface area (Å²) >= 11 is 0. The number of hydrogen-bond acceptors (Lipinski definition) is 5. The molecule has 20 heavy (non-hydrogen) atoms. The maximum atomic E-state index is 12.4. The van der Waals surface area contributed by atoms with Crippen molar-refractivity contribution in [2.45, 2.75) is 23.8 Å². The third kappa shape index (κ3) is 2.77. The van der Waals surface area contributed by atoms with Gasteiger partial charge in [-0.1, -0.05) is 0 Å². The van der Waals surface area contributed by atoms with Crippen molar-refractivity contribution < 1.29 is 23.4 Å². The minimum atomic E-state index is -3.81. The lowest BCUT2D eigenvalue weighted by Crippen LogP contribution is -2.42. The quantitative estimate of drug-likeness (QED) is 0.681. The lowest BCUT2D eigenvalue weighted by molar-refractivity contribution is 0.0697. The van der Waals surface area contributed by atoms with Gasteiger partial charge in [-0.25, -0.2) is 13.2 Å². The molecule has 110 valence electrons. The minimum Gasteiger partial charge on any atom is -0.478 e. The maximum absolute atomic E-state index is 12.4. The molecule has 4 N–H and O–H groups in total. The number of carbonyl (C=O) groups is 1. The number of rotatable bonds is 3. The number of aliphatic hydroxyl groups excluding tert-OH is 1.